The van der Waals surface area contributed by atoms with E-state index in [2.05, 4.69) is 50.4 Å². The van der Waals surface area contributed by atoms with Crippen LogP contribution < -0.4 is 5.32 Å². The Morgan fingerprint density at radius 1 is 1.22 bits per heavy atom. The van der Waals surface area contributed by atoms with E-state index in [0.717, 1.165) is 13.0 Å². The molecule has 5 nitrogen and oxygen atoms in total. The molecule has 1 amide bonds. The topological polar surface area (TPSA) is 44.8 Å². The van der Waals surface area contributed by atoms with Crippen molar-refractivity contribution in [1.29, 1.82) is 0 Å². The van der Waals surface area contributed by atoms with Gasteiger partial charge in [-0.05, 0) is 31.2 Å². The number of carbonyl (C=O) groups excluding carboxylic acids is 1. The van der Waals surface area contributed by atoms with Crippen LogP contribution in [0.4, 0.5) is 4.79 Å². The second-order valence-electron chi connectivity index (χ2n) is 6.40. The van der Waals surface area contributed by atoms with Crippen LogP contribution in [0.3, 0.4) is 0 Å². The summed E-state index contributed by atoms with van der Waals surface area (Å²) in [5.74, 6) is 0.532. The van der Waals surface area contributed by atoms with Crippen LogP contribution in [0.15, 0.2) is 30.3 Å². The molecule has 126 valence electrons. The number of hydrogen-bond donors (Lipinski definition) is 1. The largest absolute Gasteiger partial charge is 0.453 e. The zero-order valence-corrected chi connectivity index (χ0v) is 13.9. The summed E-state index contributed by atoms with van der Waals surface area (Å²) in [6.45, 7) is 4.13. The normalized spacial score (nSPS) is 25.6. The summed E-state index contributed by atoms with van der Waals surface area (Å²) in [5.41, 5.74) is 1.42. The van der Waals surface area contributed by atoms with Gasteiger partial charge in [0.1, 0.15) is 0 Å². The molecule has 2 fully saturated rings. The lowest BCUT2D eigenvalue weighted by Gasteiger charge is -2.50. The Kier molecular flexibility index (Phi) is 5.51. The number of rotatable bonds is 5. The molecule has 0 spiro atoms. The number of piperidine rings is 1. The molecule has 0 aromatic heterocycles. The van der Waals surface area contributed by atoms with E-state index < -0.39 is 0 Å². The number of carbonyl (C=O) groups is 1. The Morgan fingerprint density at radius 3 is 2.65 bits per heavy atom. The monoisotopic (exact) mass is 317 g/mol. The minimum absolute atomic E-state index is 0.340. The van der Waals surface area contributed by atoms with E-state index in [9.17, 15) is 4.79 Å². The third-order valence-electron chi connectivity index (χ3n) is 5.07. The lowest BCUT2D eigenvalue weighted by Crippen LogP contribution is -2.58. The standard InChI is InChI=1S/C18H27N3O2/c1-23-18(22)19-11-10-17-16(15-7-3-2-4-8-15)9-5-14-21(17)20-12-6-13-20/h2-4,7-8,16-17H,5-6,9-14H2,1H3,(H,19,22). The fourth-order valence-corrected chi connectivity index (χ4v) is 3.78. The highest BCUT2D eigenvalue weighted by atomic mass is 16.5. The summed E-state index contributed by atoms with van der Waals surface area (Å²) in [7, 11) is 1.41. The average molecular weight is 317 g/mol. The molecule has 2 aliphatic rings. The Hall–Kier alpha value is -1.59. The summed E-state index contributed by atoms with van der Waals surface area (Å²) in [5, 5.41) is 7.88. The quantitative estimate of drug-likeness (QED) is 0.907. The molecule has 2 heterocycles. The van der Waals surface area contributed by atoms with Crippen molar-refractivity contribution < 1.29 is 9.53 Å². The molecule has 0 radical (unpaired) electrons. The van der Waals surface area contributed by atoms with Crippen LogP contribution in [0.1, 0.15) is 37.2 Å². The minimum Gasteiger partial charge on any atom is -0.453 e. The van der Waals surface area contributed by atoms with Crippen molar-refractivity contribution in [2.75, 3.05) is 33.3 Å². The maximum Gasteiger partial charge on any atom is 0.406 e. The van der Waals surface area contributed by atoms with E-state index in [1.54, 1.807) is 0 Å². The zero-order chi connectivity index (χ0) is 16.1. The number of ether oxygens (including phenoxy) is 1. The number of hydrazine groups is 1. The van der Waals surface area contributed by atoms with Crippen molar-refractivity contribution in [3.8, 4) is 0 Å². The van der Waals surface area contributed by atoms with Gasteiger partial charge in [0.15, 0.2) is 0 Å². The number of methoxy groups -OCH3 is 1. The summed E-state index contributed by atoms with van der Waals surface area (Å²) in [6, 6.07) is 11.3. The van der Waals surface area contributed by atoms with Crippen LogP contribution in [0.25, 0.3) is 0 Å². The molecule has 0 bridgehead atoms. The second-order valence-corrected chi connectivity index (χ2v) is 6.40. The second kappa shape index (κ2) is 7.79. The van der Waals surface area contributed by atoms with Crippen LogP contribution >= 0.6 is 0 Å². The lowest BCUT2D eigenvalue weighted by atomic mass is 9.82. The first-order valence-electron chi connectivity index (χ1n) is 8.68. The zero-order valence-electron chi connectivity index (χ0n) is 13.9. The Labute approximate surface area is 138 Å². The molecule has 1 aromatic rings. The highest BCUT2D eigenvalue weighted by Crippen LogP contribution is 2.36. The van der Waals surface area contributed by atoms with E-state index in [4.69, 9.17) is 0 Å². The number of nitrogens with zero attached hydrogens (tertiary/aromatic N) is 2. The predicted molar refractivity (Wildman–Crippen MR) is 90.1 cm³/mol. The van der Waals surface area contributed by atoms with Crippen molar-refractivity contribution in [2.24, 2.45) is 0 Å². The summed E-state index contributed by atoms with van der Waals surface area (Å²) < 4.78 is 4.68. The van der Waals surface area contributed by atoms with E-state index >= 15 is 0 Å². The Morgan fingerprint density at radius 2 is 2.00 bits per heavy atom. The first-order valence-corrected chi connectivity index (χ1v) is 8.68. The first-order chi connectivity index (χ1) is 11.3. The van der Waals surface area contributed by atoms with E-state index in [-0.39, 0.29) is 6.09 Å². The fraction of sp³-hybridized carbons (Fsp3) is 0.611. The Balaban J connectivity index is 1.71. The van der Waals surface area contributed by atoms with Gasteiger partial charge >= 0.3 is 6.09 Å². The van der Waals surface area contributed by atoms with Crippen molar-refractivity contribution in [1.82, 2.24) is 15.3 Å². The molecule has 2 aliphatic heterocycles. The van der Waals surface area contributed by atoms with Crippen LogP contribution in [0, 0.1) is 0 Å². The van der Waals surface area contributed by atoms with Gasteiger partial charge in [-0.15, -0.1) is 0 Å². The molecular weight excluding hydrogens is 290 g/mol. The molecule has 1 aromatic carbocycles. The molecule has 23 heavy (non-hydrogen) atoms. The van der Waals surface area contributed by atoms with E-state index in [1.807, 2.05) is 0 Å². The van der Waals surface area contributed by atoms with Crippen molar-refractivity contribution in [3.63, 3.8) is 0 Å². The molecule has 5 heteroatoms. The lowest BCUT2D eigenvalue weighted by molar-refractivity contribution is -0.123. The SMILES string of the molecule is COC(=O)NCCC1C(c2ccccc2)CCCN1N1CCC1. The highest BCUT2D eigenvalue weighted by molar-refractivity contribution is 5.66. The summed E-state index contributed by atoms with van der Waals surface area (Å²) in [6.07, 6.45) is 4.35. The molecule has 0 saturated carbocycles. The van der Waals surface area contributed by atoms with Gasteiger partial charge in [-0.2, -0.15) is 0 Å². The maximum atomic E-state index is 11.3. The van der Waals surface area contributed by atoms with E-state index in [1.165, 1.54) is 45.0 Å². The van der Waals surface area contributed by atoms with Crippen molar-refractivity contribution in [3.05, 3.63) is 35.9 Å². The third-order valence-corrected chi connectivity index (χ3v) is 5.07. The van der Waals surface area contributed by atoms with Crippen molar-refractivity contribution >= 4 is 6.09 Å². The number of alkyl carbamates (subject to hydrolysis) is 1. The molecular formula is C18H27N3O2. The van der Waals surface area contributed by atoms with E-state index in [0.29, 0.717) is 18.5 Å². The number of benzene rings is 1. The van der Waals surface area contributed by atoms with Gasteiger partial charge < -0.3 is 10.1 Å². The minimum atomic E-state index is -0.340. The van der Waals surface area contributed by atoms with Crippen molar-refractivity contribution in [2.45, 2.75) is 37.6 Å². The van der Waals surface area contributed by atoms with Gasteiger partial charge in [-0.3, -0.25) is 0 Å². The first kappa shape index (κ1) is 16.3. The molecule has 2 unspecified atom stereocenters. The molecule has 2 atom stereocenters. The Bertz CT molecular complexity index is 504. The average Bonchev–Trinajstić information content (AvgIpc) is 2.55. The van der Waals surface area contributed by atoms with Crippen LogP contribution in [-0.4, -0.2) is 55.4 Å². The van der Waals surface area contributed by atoms with Crippen LogP contribution in [0.2, 0.25) is 0 Å². The van der Waals surface area contributed by atoms with Gasteiger partial charge in [-0.1, -0.05) is 30.3 Å². The van der Waals surface area contributed by atoms with Crippen LogP contribution in [0.5, 0.6) is 0 Å². The van der Waals surface area contributed by atoms with Gasteiger partial charge in [0, 0.05) is 38.1 Å². The molecule has 1 N–H and O–H groups in total. The molecule has 2 saturated heterocycles. The van der Waals surface area contributed by atoms with Gasteiger partial charge in [-0.25, -0.2) is 14.8 Å². The molecule has 0 aliphatic carbocycles. The number of hydrogen-bond acceptors (Lipinski definition) is 4. The van der Waals surface area contributed by atoms with Crippen LogP contribution in [-0.2, 0) is 4.74 Å². The summed E-state index contributed by atoms with van der Waals surface area (Å²) >= 11 is 0. The maximum absolute atomic E-state index is 11.3. The van der Waals surface area contributed by atoms with Gasteiger partial charge in [0.25, 0.3) is 0 Å². The highest BCUT2D eigenvalue weighted by Gasteiger charge is 2.36. The fourth-order valence-electron chi connectivity index (χ4n) is 3.78. The number of amides is 1. The summed E-state index contributed by atoms with van der Waals surface area (Å²) in [4.78, 5) is 11.3. The third kappa shape index (κ3) is 3.85. The number of nitrogens with one attached hydrogen (secondary N) is 1. The van der Waals surface area contributed by atoms with Gasteiger partial charge in [0.2, 0.25) is 0 Å². The van der Waals surface area contributed by atoms with Gasteiger partial charge in [0.05, 0.1) is 7.11 Å². The predicted octanol–water partition coefficient (Wildman–Crippen LogP) is 2.60. The molecule has 3 rings (SSSR count). The smallest absolute Gasteiger partial charge is 0.406 e.